The number of hydrogen-bond donors (Lipinski definition) is 2. The fourth-order valence-corrected chi connectivity index (χ4v) is 1.73. The van der Waals surface area contributed by atoms with Gasteiger partial charge in [0, 0.05) is 10.0 Å². The highest BCUT2D eigenvalue weighted by Gasteiger charge is 2.16. The Morgan fingerprint density at radius 1 is 1.38 bits per heavy atom. The minimum atomic E-state index is -1.00. The van der Waals surface area contributed by atoms with Crippen molar-refractivity contribution in [3.05, 3.63) is 40.3 Å². The summed E-state index contributed by atoms with van der Waals surface area (Å²) in [5.41, 5.74) is 1.38. The third-order valence-corrected chi connectivity index (χ3v) is 2.68. The van der Waals surface area contributed by atoms with E-state index in [2.05, 4.69) is 25.9 Å². The molecule has 0 amide bonds. The van der Waals surface area contributed by atoms with Crippen molar-refractivity contribution in [3.8, 4) is 11.3 Å². The normalized spacial score (nSPS) is 10.4. The SMILES string of the molecule is Cc1nc(-c2ccc(Br)cc2)c(C(=O)O)[nH]1. The van der Waals surface area contributed by atoms with Gasteiger partial charge in [-0.2, -0.15) is 0 Å². The number of aromatic amines is 1. The zero-order chi connectivity index (χ0) is 11.7. The quantitative estimate of drug-likeness (QED) is 0.889. The second-order valence-electron chi connectivity index (χ2n) is 3.36. The van der Waals surface area contributed by atoms with Crippen LogP contribution in [0.5, 0.6) is 0 Å². The molecule has 0 aliphatic rings. The number of aryl methyl sites for hydroxylation is 1. The Morgan fingerprint density at radius 2 is 2.00 bits per heavy atom. The summed E-state index contributed by atoms with van der Waals surface area (Å²) in [6.07, 6.45) is 0. The Morgan fingerprint density at radius 3 is 2.56 bits per heavy atom. The molecule has 0 spiro atoms. The number of halogens is 1. The Hall–Kier alpha value is -1.62. The first kappa shape index (κ1) is 10.9. The molecule has 0 aliphatic heterocycles. The zero-order valence-electron chi connectivity index (χ0n) is 8.49. The molecule has 0 saturated carbocycles. The van der Waals surface area contributed by atoms with E-state index in [1.165, 1.54) is 0 Å². The van der Waals surface area contributed by atoms with Crippen LogP contribution in [0.1, 0.15) is 16.3 Å². The second-order valence-corrected chi connectivity index (χ2v) is 4.27. The van der Waals surface area contributed by atoms with Crippen molar-refractivity contribution in [3.63, 3.8) is 0 Å². The molecule has 0 fully saturated rings. The zero-order valence-corrected chi connectivity index (χ0v) is 10.1. The number of imidazole rings is 1. The summed E-state index contributed by atoms with van der Waals surface area (Å²) in [6, 6.07) is 7.36. The van der Waals surface area contributed by atoms with Crippen LogP contribution in [0.15, 0.2) is 28.7 Å². The standard InChI is InChI=1S/C11H9BrN2O2/c1-6-13-9(10(14-6)11(15)16)7-2-4-8(12)5-3-7/h2-5H,1H3,(H,13,14)(H,15,16). The number of H-pyrrole nitrogens is 1. The van der Waals surface area contributed by atoms with E-state index in [9.17, 15) is 4.79 Å². The van der Waals surface area contributed by atoms with E-state index in [-0.39, 0.29) is 5.69 Å². The van der Waals surface area contributed by atoms with Gasteiger partial charge in [-0.1, -0.05) is 28.1 Å². The van der Waals surface area contributed by atoms with Gasteiger partial charge in [-0.3, -0.25) is 0 Å². The molecular formula is C11H9BrN2O2. The number of benzene rings is 1. The van der Waals surface area contributed by atoms with Crippen LogP contribution in [0.25, 0.3) is 11.3 Å². The van der Waals surface area contributed by atoms with Gasteiger partial charge < -0.3 is 10.1 Å². The van der Waals surface area contributed by atoms with Crippen LogP contribution in [-0.4, -0.2) is 21.0 Å². The average molecular weight is 281 g/mol. The number of aromatic nitrogens is 2. The van der Waals surface area contributed by atoms with E-state index in [1.807, 2.05) is 24.3 Å². The van der Waals surface area contributed by atoms with Crippen molar-refractivity contribution in [1.29, 1.82) is 0 Å². The van der Waals surface area contributed by atoms with Gasteiger partial charge in [0.25, 0.3) is 0 Å². The first-order chi connectivity index (χ1) is 7.58. The molecule has 2 N–H and O–H groups in total. The number of hydrogen-bond acceptors (Lipinski definition) is 2. The van der Waals surface area contributed by atoms with E-state index in [4.69, 9.17) is 5.11 Å². The van der Waals surface area contributed by atoms with E-state index >= 15 is 0 Å². The minimum absolute atomic E-state index is 0.125. The van der Waals surface area contributed by atoms with Crippen molar-refractivity contribution in [2.24, 2.45) is 0 Å². The van der Waals surface area contributed by atoms with Crippen molar-refractivity contribution < 1.29 is 9.90 Å². The lowest BCUT2D eigenvalue weighted by Crippen LogP contribution is -1.99. The fourth-order valence-electron chi connectivity index (χ4n) is 1.46. The molecule has 0 unspecified atom stereocenters. The molecule has 0 aliphatic carbocycles. The lowest BCUT2D eigenvalue weighted by molar-refractivity contribution is 0.0692. The Balaban J connectivity index is 2.55. The summed E-state index contributed by atoms with van der Waals surface area (Å²) in [4.78, 5) is 17.9. The van der Waals surface area contributed by atoms with Crippen LogP contribution in [0, 0.1) is 6.92 Å². The summed E-state index contributed by atoms with van der Waals surface area (Å²) in [5.74, 6) is -0.408. The van der Waals surface area contributed by atoms with E-state index in [0.717, 1.165) is 10.0 Å². The maximum atomic E-state index is 11.0. The van der Waals surface area contributed by atoms with Crippen LogP contribution in [0.2, 0.25) is 0 Å². The number of aromatic carboxylic acids is 1. The van der Waals surface area contributed by atoms with Crippen molar-refractivity contribution >= 4 is 21.9 Å². The van der Waals surface area contributed by atoms with Crippen molar-refractivity contribution in [2.75, 3.05) is 0 Å². The largest absolute Gasteiger partial charge is 0.477 e. The lowest BCUT2D eigenvalue weighted by atomic mass is 10.1. The maximum absolute atomic E-state index is 11.0. The minimum Gasteiger partial charge on any atom is -0.477 e. The first-order valence-corrected chi connectivity index (χ1v) is 5.43. The number of rotatable bonds is 2. The molecule has 0 atom stereocenters. The topological polar surface area (TPSA) is 66.0 Å². The average Bonchev–Trinajstić information content (AvgIpc) is 2.61. The van der Waals surface area contributed by atoms with Gasteiger partial charge in [-0.05, 0) is 19.1 Å². The summed E-state index contributed by atoms with van der Waals surface area (Å²) >= 11 is 3.33. The molecule has 1 heterocycles. The molecule has 0 radical (unpaired) electrons. The molecule has 82 valence electrons. The van der Waals surface area contributed by atoms with Gasteiger partial charge in [0.2, 0.25) is 0 Å². The molecule has 2 aromatic rings. The van der Waals surface area contributed by atoms with Crippen LogP contribution in [-0.2, 0) is 0 Å². The summed E-state index contributed by atoms with van der Waals surface area (Å²) in [6.45, 7) is 1.73. The monoisotopic (exact) mass is 280 g/mol. The van der Waals surface area contributed by atoms with Gasteiger partial charge >= 0.3 is 5.97 Å². The molecule has 5 heteroatoms. The lowest BCUT2D eigenvalue weighted by Gasteiger charge is -1.98. The fraction of sp³-hybridized carbons (Fsp3) is 0.0909. The Labute approximate surface area is 100 Å². The van der Waals surface area contributed by atoms with Gasteiger partial charge in [0.15, 0.2) is 5.69 Å². The highest BCUT2D eigenvalue weighted by Crippen LogP contribution is 2.23. The van der Waals surface area contributed by atoms with Gasteiger partial charge in [-0.15, -0.1) is 0 Å². The smallest absolute Gasteiger partial charge is 0.354 e. The molecular weight excluding hydrogens is 272 g/mol. The van der Waals surface area contributed by atoms with Crippen LogP contribution >= 0.6 is 15.9 Å². The van der Waals surface area contributed by atoms with Gasteiger partial charge in [-0.25, -0.2) is 9.78 Å². The Kier molecular flexibility index (Phi) is 2.78. The summed E-state index contributed by atoms with van der Waals surface area (Å²) in [5, 5.41) is 9.01. The van der Waals surface area contributed by atoms with Crippen molar-refractivity contribution in [1.82, 2.24) is 9.97 Å². The van der Waals surface area contributed by atoms with Gasteiger partial charge in [0.05, 0.1) is 0 Å². The summed E-state index contributed by atoms with van der Waals surface area (Å²) < 4.78 is 0.945. The van der Waals surface area contributed by atoms with Crippen LogP contribution < -0.4 is 0 Å². The molecule has 0 bridgehead atoms. The highest BCUT2D eigenvalue weighted by molar-refractivity contribution is 9.10. The van der Waals surface area contributed by atoms with Crippen LogP contribution in [0.4, 0.5) is 0 Å². The van der Waals surface area contributed by atoms with E-state index in [0.29, 0.717) is 11.5 Å². The molecule has 1 aromatic carbocycles. The van der Waals surface area contributed by atoms with E-state index < -0.39 is 5.97 Å². The predicted octanol–water partition coefficient (Wildman–Crippen LogP) is 2.85. The predicted molar refractivity (Wildman–Crippen MR) is 63.4 cm³/mol. The summed E-state index contributed by atoms with van der Waals surface area (Å²) in [7, 11) is 0. The number of carboxylic acids is 1. The number of carboxylic acid groups (broad SMARTS) is 1. The molecule has 16 heavy (non-hydrogen) atoms. The third kappa shape index (κ3) is 1.99. The molecule has 4 nitrogen and oxygen atoms in total. The van der Waals surface area contributed by atoms with E-state index in [1.54, 1.807) is 6.92 Å². The molecule has 0 saturated heterocycles. The van der Waals surface area contributed by atoms with Crippen LogP contribution in [0.3, 0.4) is 0 Å². The molecule has 2 rings (SSSR count). The molecule has 1 aromatic heterocycles. The highest BCUT2D eigenvalue weighted by atomic mass is 79.9. The second kappa shape index (κ2) is 4.09. The van der Waals surface area contributed by atoms with Gasteiger partial charge in [0.1, 0.15) is 11.5 Å². The maximum Gasteiger partial charge on any atom is 0.354 e. The number of nitrogens with one attached hydrogen (secondary N) is 1. The third-order valence-electron chi connectivity index (χ3n) is 2.15. The number of nitrogens with zero attached hydrogens (tertiary/aromatic N) is 1. The van der Waals surface area contributed by atoms with Crippen molar-refractivity contribution in [2.45, 2.75) is 6.92 Å². The first-order valence-electron chi connectivity index (χ1n) is 4.64. The number of carbonyl (C=O) groups is 1. The Bertz CT molecular complexity index is 531.